The fourth-order valence-electron chi connectivity index (χ4n) is 2.64. The molecule has 1 saturated carbocycles. The molecule has 0 spiro atoms. The summed E-state index contributed by atoms with van der Waals surface area (Å²) in [5, 5.41) is 13.0. The van der Waals surface area contributed by atoms with Crippen LogP contribution in [-0.4, -0.2) is 30.1 Å². The minimum Gasteiger partial charge on any atom is -0.368 e. The summed E-state index contributed by atoms with van der Waals surface area (Å²) in [5.74, 6) is -0.115. The van der Waals surface area contributed by atoms with Crippen molar-refractivity contribution in [1.82, 2.24) is 30.1 Å². The zero-order valence-corrected chi connectivity index (χ0v) is 14.4. The van der Waals surface area contributed by atoms with Gasteiger partial charge >= 0.3 is 0 Å². The first-order valence-corrected chi connectivity index (χ1v) is 8.39. The lowest BCUT2D eigenvalue weighted by Gasteiger charge is -2.14. The number of aromatic nitrogens is 6. The average molecular weight is 373 g/mol. The molecule has 27 heavy (non-hydrogen) atoms. The van der Waals surface area contributed by atoms with E-state index in [0.717, 1.165) is 30.8 Å². The first-order valence-electron chi connectivity index (χ1n) is 8.39. The van der Waals surface area contributed by atoms with Gasteiger partial charge in [0.1, 0.15) is 11.6 Å². The zero-order valence-electron chi connectivity index (χ0n) is 14.4. The highest BCUT2D eigenvalue weighted by Gasteiger charge is 2.25. The number of pyridine rings is 1. The topological polar surface area (TPSA) is 130 Å². The maximum absolute atomic E-state index is 13.9. The Bertz CT molecular complexity index is 970. The number of nitrogen functional groups attached to an aromatic ring is 1. The van der Waals surface area contributed by atoms with Crippen LogP contribution in [0.2, 0.25) is 0 Å². The first kappa shape index (κ1) is 17.1. The van der Waals surface area contributed by atoms with E-state index < -0.39 is 17.7 Å². The molecule has 0 saturated heterocycles. The smallest absolute Gasteiger partial charge is 0.235 e. The second-order valence-electron chi connectivity index (χ2n) is 6.34. The largest absolute Gasteiger partial charge is 0.368 e. The van der Waals surface area contributed by atoms with E-state index in [9.17, 15) is 8.78 Å². The predicted octanol–water partition coefficient (Wildman–Crippen LogP) is 2.64. The van der Waals surface area contributed by atoms with Crippen molar-refractivity contribution < 1.29 is 8.78 Å². The summed E-state index contributed by atoms with van der Waals surface area (Å²) >= 11 is 0. The molecule has 0 bridgehead atoms. The van der Waals surface area contributed by atoms with Gasteiger partial charge in [0.15, 0.2) is 5.82 Å². The van der Waals surface area contributed by atoms with Gasteiger partial charge in [-0.15, -0.1) is 0 Å². The van der Waals surface area contributed by atoms with Crippen LogP contribution in [-0.2, 0) is 0 Å². The Morgan fingerprint density at radius 1 is 1.19 bits per heavy atom. The highest BCUT2D eigenvalue weighted by atomic mass is 19.1. The third-order valence-corrected chi connectivity index (χ3v) is 4.10. The second-order valence-corrected chi connectivity index (χ2v) is 6.34. The quantitative estimate of drug-likeness (QED) is 0.519. The van der Waals surface area contributed by atoms with Gasteiger partial charge in [-0.05, 0) is 19.8 Å². The minimum atomic E-state index is -0.764. The summed E-state index contributed by atoms with van der Waals surface area (Å²) in [5.41, 5.74) is 6.82. The summed E-state index contributed by atoms with van der Waals surface area (Å²) in [7, 11) is 0. The molecule has 11 heteroatoms. The molecule has 0 radical (unpaired) electrons. The van der Waals surface area contributed by atoms with Crippen LogP contribution in [0.3, 0.4) is 0 Å². The third kappa shape index (κ3) is 3.91. The number of H-pyrrole nitrogens is 1. The van der Waals surface area contributed by atoms with Crippen molar-refractivity contribution in [2.75, 3.05) is 16.4 Å². The Balaban J connectivity index is 1.50. The molecule has 1 aliphatic carbocycles. The number of aromatic amines is 1. The molecule has 3 aromatic rings. The SMILES string of the molecule is CC(Nc1nc(N)nc(Nc2cc(C3CC3)[nH]n2)n1)c1ncc(F)cc1F. The summed E-state index contributed by atoms with van der Waals surface area (Å²) < 4.78 is 26.9. The van der Waals surface area contributed by atoms with Gasteiger partial charge in [0.05, 0.1) is 17.9 Å². The molecule has 0 amide bonds. The maximum atomic E-state index is 13.9. The third-order valence-electron chi connectivity index (χ3n) is 4.10. The summed E-state index contributed by atoms with van der Waals surface area (Å²) in [6, 6.07) is 2.04. The van der Waals surface area contributed by atoms with Crippen LogP contribution < -0.4 is 16.4 Å². The summed E-state index contributed by atoms with van der Waals surface area (Å²) in [4.78, 5) is 16.0. The van der Waals surface area contributed by atoms with Crippen molar-refractivity contribution in [2.24, 2.45) is 0 Å². The molecular weight excluding hydrogens is 356 g/mol. The van der Waals surface area contributed by atoms with Gasteiger partial charge in [0.25, 0.3) is 0 Å². The van der Waals surface area contributed by atoms with Gasteiger partial charge in [-0.3, -0.25) is 10.1 Å². The molecule has 5 N–H and O–H groups in total. The Kier molecular flexibility index (Phi) is 4.26. The molecule has 1 aliphatic rings. The number of hydrogen-bond acceptors (Lipinski definition) is 8. The van der Waals surface area contributed by atoms with Crippen LogP contribution in [0.5, 0.6) is 0 Å². The van der Waals surface area contributed by atoms with Gasteiger partial charge < -0.3 is 16.4 Å². The molecule has 0 aromatic carbocycles. The lowest BCUT2D eigenvalue weighted by molar-refractivity contribution is 0.549. The predicted molar refractivity (Wildman–Crippen MR) is 94.3 cm³/mol. The molecular formula is C16H17F2N9. The lowest BCUT2D eigenvalue weighted by atomic mass is 10.2. The lowest BCUT2D eigenvalue weighted by Crippen LogP contribution is -2.15. The Morgan fingerprint density at radius 3 is 2.70 bits per heavy atom. The van der Waals surface area contributed by atoms with E-state index in [-0.39, 0.29) is 23.5 Å². The van der Waals surface area contributed by atoms with E-state index in [1.807, 2.05) is 6.07 Å². The number of nitrogens with zero attached hydrogens (tertiary/aromatic N) is 5. The van der Waals surface area contributed by atoms with Gasteiger partial charge in [-0.1, -0.05) is 0 Å². The van der Waals surface area contributed by atoms with Crippen molar-refractivity contribution in [1.29, 1.82) is 0 Å². The van der Waals surface area contributed by atoms with Gasteiger partial charge in [0.2, 0.25) is 17.8 Å². The summed E-state index contributed by atoms with van der Waals surface area (Å²) in [6.45, 7) is 1.64. The number of anilines is 4. The zero-order chi connectivity index (χ0) is 19.0. The molecule has 1 unspecified atom stereocenters. The number of nitrogens with one attached hydrogen (secondary N) is 3. The second kappa shape index (κ2) is 6.74. The molecule has 1 fully saturated rings. The van der Waals surface area contributed by atoms with Crippen LogP contribution in [0.4, 0.5) is 32.4 Å². The molecule has 0 aliphatic heterocycles. The van der Waals surface area contributed by atoms with Crippen LogP contribution in [0, 0.1) is 11.6 Å². The van der Waals surface area contributed by atoms with Crippen molar-refractivity contribution in [3.8, 4) is 0 Å². The molecule has 140 valence electrons. The fraction of sp³-hybridized carbons (Fsp3) is 0.312. The summed E-state index contributed by atoms with van der Waals surface area (Å²) in [6.07, 6.45) is 3.25. The fourth-order valence-corrected chi connectivity index (χ4v) is 2.64. The normalized spacial score (nSPS) is 14.8. The van der Waals surface area contributed by atoms with Crippen molar-refractivity contribution in [2.45, 2.75) is 31.7 Å². The Labute approximate surface area is 152 Å². The molecule has 1 atom stereocenters. The maximum Gasteiger partial charge on any atom is 0.235 e. The highest BCUT2D eigenvalue weighted by Crippen LogP contribution is 2.39. The van der Waals surface area contributed by atoms with Crippen molar-refractivity contribution in [3.63, 3.8) is 0 Å². The van der Waals surface area contributed by atoms with Crippen LogP contribution in [0.25, 0.3) is 0 Å². The molecule has 3 heterocycles. The van der Waals surface area contributed by atoms with Crippen LogP contribution in [0.15, 0.2) is 18.3 Å². The average Bonchev–Trinajstić information content (AvgIpc) is 3.34. The van der Waals surface area contributed by atoms with Crippen LogP contribution >= 0.6 is 0 Å². The van der Waals surface area contributed by atoms with Crippen molar-refractivity contribution in [3.05, 3.63) is 41.4 Å². The Morgan fingerprint density at radius 2 is 1.96 bits per heavy atom. The highest BCUT2D eigenvalue weighted by molar-refractivity contribution is 5.52. The van der Waals surface area contributed by atoms with Crippen LogP contribution in [0.1, 0.15) is 43.1 Å². The van der Waals surface area contributed by atoms with Crippen molar-refractivity contribution >= 4 is 23.7 Å². The first-order chi connectivity index (χ1) is 13.0. The molecule has 4 rings (SSSR count). The number of halogens is 2. The number of nitrogens with two attached hydrogens (primary N) is 1. The Hall–Kier alpha value is -3.37. The van der Waals surface area contributed by atoms with E-state index >= 15 is 0 Å². The van der Waals surface area contributed by atoms with E-state index in [2.05, 4.69) is 40.8 Å². The van der Waals surface area contributed by atoms with E-state index in [0.29, 0.717) is 11.7 Å². The van der Waals surface area contributed by atoms with Gasteiger partial charge in [0, 0.05) is 23.7 Å². The number of rotatable bonds is 6. The minimum absolute atomic E-state index is 0.0207. The van der Waals surface area contributed by atoms with Gasteiger partial charge in [-0.2, -0.15) is 20.1 Å². The molecule has 3 aromatic heterocycles. The van der Waals surface area contributed by atoms with E-state index in [4.69, 9.17) is 5.73 Å². The molecule has 9 nitrogen and oxygen atoms in total. The van der Waals surface area contributed by atoms with Gasteiger partial charge in [-0.25, -0.2) is 8.78 Å². The standard InChI is InChI=1S/C16H17F2N9/c1-7(13-10(18)4-9(17)6-20-13)21-15-23-14(19)24-16(25-15)22-12-5-11(26-27-12)8-2-3-8/h4-8H,2-3H2,1H3,(H5,19,21,22,23,24,25,26,27). The number of hydrogen-bond donors (Lipinski definition) is 4. The van der Waals surface area contributed by atoms with E-state index in [1.54, 1.807) is 6.92 Å². The van der Waals surface area contributed by atoms with E-state index in [1.165, 1.54) is 0 Å². The monoisotopic (exact) mass is 373 g/mol.